The molecule has 1 fully saturated rings. The maximum atomic E-state index is 12.6. The van der Waals surface area contributed by atoms with Gasteiger partial charge in [0.15, 0.2) is 0 Å². The van der Waals surface area contributed by atoms with Crippen molar-refractivity contribution in [2.45, 2.75) is 4.90 Å². The van der Waals surface area contributed by atoms with Gasteiger partial charge in [-0.25, -0.2) is 8.42 Å². The fourth-order valence-corrected chi connectivity index (χ4v) is 3.94. The first-order valence-corrected chi connectivity index (χ1v) is 8.25. The van der Waals surface area contributed by atoms with Crippen LogP contribution in [0.15, 0.2) is 41.3 Å². The number of benzene rings is 2. The molecule has 0 saturated carbocycles. The molecule has 0 spiro atoms. The van der Waals surface area contributed by atoms with Gasteiger partial charge in [0.25, 0.3) is 0 Å². The summed E-state index contributed by atoms with van der Waals surface area (Å²) in [4.78, 5) is 11.6. The van der Waals surface area contributed by atoms with Crippen LogP contribution in [0.1, 0.15) is 0 Å². The molecule has 2 aromatic rings. The second-order valence-electron chi connectivity index (χ2n) is 4.84. The summed E-state index contributed by atoms with van der Waals surface area (Å²) in [6.07, 6.45) is 0. The first kappa shape index (κ1) is 14.3. The van der Waals surface area contributed by atoms with Crippen molar-refractivity contribution in [2.24, 2.45) is 0 Å². The number of hydrogen-bond acceptors (Lipinski definition) is 3. The molecule has 1 aliphatic heterocycles. The average molecular weight is 325 g/mol. The summed E-state index contributed by atoms with van der Waals surface area (Å²) in [5.41, 5.74) is 0. The van der Waals surface area contributed by atoms with Crippen LogP contribution in [-0.4, -0.2) is 38.3 Å². The molecule has 1 saturated heterocycles. The third-order valence-electron chi connectivity index (χ3n) is 3.41. The van der Waals surface area contributed by atoms with Gasteiger partial charge in [-0.3, -0.25) is 4.79 Å². The molecule has 0 unspecified atom stereocenters. The van der Waals surface area contributed by atoms with Crippen LogP contribution in [-0.2, 0) is 14.8 Å². The zero-order valence-corrected chi connectivity index (χ0v) is 12.6. The summed E-state index contributed by atoms with van der Waals surface area (Å²) in [6, 6.07) is 10.1. The monoisotopic (exact) mass is 324 g/mol. The van der Waals surface area contributed by atoms with E-state index in [0.717, 1.165) is 10.8 Å². The van der Waals surface area contributed by atoms with Crippen LogP contribution < -0.4 is 5.32 Å². The maximum absolute atomic E-state index is 12.6. The lowest BCUT2D eigenvalue weighted by atomic mass is 10.1. The fourth-order valence-electron chi connectivity index (χ4n) is 2.32. The Kier molecular flexibility index (Phi) is 3.61. The number of rotatable bonds is 2. The number of amides is 1. The van der Waals surface area contributed by atoms with Crippen LogP contribution in [0, 0.1) is 0 Å². The van der Waals surface area contributed by atoms with Gasteiger partial charge in [-0.2, -0.15) is 4.31 Å². The molecular weight excluding hydrogens is 312 g/mol. The van der Waals surface area contributed by atoms with E-state index in [1.54, 1.807) is 36.4 Å². The molecule has 1 amide bonds. The third-order valence-corrected chi connectivity index (χ3v) is 5.49. The first-order valence-electron chi connectivity index (χ1n) is 6.43. The van der Waals surface area contributed by atoms with Gasteiger partial charge in [0.05, 0.1) is 11.4 Å². The molecule has 110 valence electrons. The highest BCUT2D eigenvalue weighted by Gasteiger charge is 2.29. The Morgan fingerprint density at radius 3 is 2.57 bits per heavy atom. The molecule has 0 radical (unpaired) electrons. The number of sulfonamides is 1. The minimum absolute atomic E-state index is 0.138. The van der Waals surface area contributed by atoms with Crippen LogP contribution in [0.4, 0.5) is 0 Å². The van der Waals surface area contributed by atoms with Crippen molar-refractivity contribution in [3.63, 3.8) is 0 Å². The van der Waals surface area contributed by atoms with Gasteiger partial charge in [-0.05, 0) is 35.0 Å². The quantitative estimate of drug-likeness (QED) is 0.912. The molecule has 2 aromatic carbocycles. The van der Waals surface area contributed by atoms with E-state index in [1.807, 2.05) is 0 Å². The van der Waals surface area contributed by atoms with Gasteiger partial charge in [-0.1, -0.05) is 23.7 Å². The molecular formula is C14H13ClN2O3S. The average Bonchev–Trinajstić information content (AvgIpc) is 2.46. The number of nitrogens with one attached hydrogen (secondary N) is 1. The largest absolute Gasteiger partial charge is 0.354 e. The van der Waals surface area contributed by atoms with Crippen molar-refractivity contribution in [1.29, 1.82) is 0 Å². The van der Waals surface area contributed by atoms with Crippen molar-refractivity contribution in [3.8, 4) is 0 Å². The van der Waals surface area contributed by atoms with Crippen LogP contribution >= 0.6 is 11.6 Å². The molecule has 1 N–H and O–H groups in total. The van der Waals surface area contributed by atoms with E-state index in [9.17, 15) is 13.2 Å². The highest BCUT2D eigenvalue weighted by molar-refractivity contribution is 7.89. The molecule has 0 aliphatic carbocycles. The Bertz CT molecular complexity index is 820. The molecule has 5 nitrogen and oxygen atoms in total. The van der Waals surface area contributed by atoms with E-state index in [0.29, 0.717) is 11.6 Å². The van der Waals surface area contributed by atoms with E-state index in [4.69, 9.17) is 11.6 Å². The van der Waals surface area contributed by atoms with E-state index in [2.05, 4.69) is 5.32 Å². The Labute approximate surface area is 127 Å². The number of nitrogens with zero attached hydrogens (tertiary/aromatic N) is 1. The third kappa shape index (κ3) is 2.74. The summed E-state index contributed by atoms with van der Waals surface area (Å²) in [6.45, 7) is 0.481. The van der Waals surface area contributed by atoms with E-state index < -0.39 is 10.0 Å². The van der Waals surface area contributed by atoms with Crippen LogP contribution in [0.3, 0.4) is 0 Å². The Hall–Kier alpha value is -1.63. The predicted octanol–water partition coefficient (Wildman–Crippen LogP) is 1.61. The minimum Gasteiger partial charge on any atom is -0.354 e. The Morgan fingerprint density at radius 2 is 1.81 bits per heavy atom. The van der Waals surface area contributed by atoms with Crippen molar-refractivity contribution < 1.29 is 13.2 Å². The second kappa shape index (κ2) is 5.29. The van der Waals surface area contributed by atoms with Gasteiger partial charge in [-0.15, -0.1) is 0 Å². The van der Waals surface area contributed by atoms with Crippen LogP contribution in [0.25, 0.3) is 10.8 Å². The zero-order valence-electron chi connectivity index (χ0n) is 11.0. The summed E-state index contributed by atoms with van der Waals surface area (Å²) in [7, 11) is -3.66. The highest BCUT2D eigenvalue weighted by atomic mass is 35.5. The number of carbonyl (C=O) groups excluding carboxylic acids is 1. The number of halogens is 1. The van der Waals surface area contributed by atoms with Crippen molar-refractivity contribution in [3.05, 3.63) is 41.4 Å². The SMILES string of the molecule is O=C1CN(S(=O)(=O)c2ccc3cc(Cl)ccc3c2)CCN1. The summed E-state index contributed by atoms with van der Waals surface area (Å²) in [5, 5.41) is 4.88. The molecule has 3 rings (SSSR count). The number of fused-ring (bicyclic) bond motifs is 1. The van der Waals surface area contributed by atoms with Gasteiger partial charge in [0.1, 0.15) is 0 Å². The first-order chi connectivity index (χ1) is 9.96. The molecule has 0 aromatic heterocycles. The fraction of sp³-hybridized carbons (Fsp3) is 0.214. The smallest absolute Gasteiger partial charge is 0.243 e. The normalized spacial score (nSPS) is 16.9. The summed E-state index contributed by atoms with van der Waals surface area (Å²) >= 11 is 5.92. The number of hydrogen-bond donors (Lipinski definition) is 1. The lowest BCUT2D eigenvalue weighted by molar-refractivity contribution is -0.122. The zero-order chi connectivity index (χ0) is 15.0. The molecule has 21 heavy (non-hydrogen) atoms. The molecule has 7 heteroatoms. The van der Waals surface area contributed by atoms with E-state index in [1.165, 1.54) is 4.31 Å². The van der Waals surface area contributed by atoms with Gasteiger partial charge in [0, 0.05) is 18.1 Å². The standard InChI is InChI=1S/C14H13ClN2O3S/c15-12-3-1-11-8-13(4-2-10(11)7-12)21(19,20)17-6-5-16-14(18)9-17/h1-4,7-8H,5-6,9H2,(H,16,18). The summed E-state index contributed by atoms with van der Waals surface area (Å²) < 4.78 is 26.3. The van der Waals surface area contributed by atoms with E-state index in [-0.39, 0.29) is 23.9 Å². The lowest BCUT2D eigenvalue weighted by Gasteiger charge is -2.26. The molecule has 0 atom stereocenters. The van der Waals surface area contributed by atoms with Gasteiger partial charge >= 0.3 is 0 Å². The Morgan fingerprint density at radius 1 is 1.10 bits per heavy atom. The predicted molar refractivity (Wildman–Crippen MR) is 80.7 cm³/mol. The highest BCUT2D eigenvalue weighted by Crippen LogP contribution is 2.24. The van der Waals surface area contributed by atoms with Crippen LogP contribution in [0.5, 0.6) is 0 Å². The number of carbonyl (C=O) groups is 1. The summed E-state index contributed by atoms with van der Waals surface area (Å²) in [5.74, 6) is -0.280. The van der Waals surface area contributed by atoms with Crippen molar-refractivity contribution >= 4 is 38.3 Å². The van der Waals surface area contributed by atoms with Crippen molar-refractivity contribution in [1.82, 2.24) is 9.62 Å². The molecule has 1 heterocycles. The molecule has 0 bridgehead atoms. The number of piperazine rings is 1. The topological polar surface area (TPSA) is 66.5 Å². The van der Waals surface area contributed by atoms with Crippen molar-refractivity contribution in [2.75, 3.05) is 19.6 Å². The van der Waals surface area contributed by atoms with Crippen LogP contribution in [0.2, 0.25) is 5.02 Å². The Balaban J connectivity index is 2.02. The second-order valence-corrected chi connectivity index (χ2v) is 7.22. The van der Waals surface area contributed by atoms with E-state index >= 15 is 0 Å². The maximum Gasteiger partial charge on any atom is 0.243 e. The molecule has 1 aliphatic rings. The lowest BCUT2D eigenvalue weighted by Crippen LogP contribution is -2.49. The van der Waals surface area contributed by atoms with Gasteiger partial charge in [0.2, 0.25) is 15.9 Å². The van der Waals surface area contributed by atoms with Gasteiger partial charge < -0.3 is 5.32 Å². The minimum atomic E-state index is -3.66.